The maximum absolute atomic E-state index is 13.5. The number of benzene rings is 2. The lowest BCUT2D eigenvalue weighted by atomic mass is 9.89. The molecule has 33 heavy (non-hydrogen) atoms. The van der Waals surface area contributed by atoms with E-state index in [0.29, 0.717) is 11.1 Å². The molecule has 170 valence electrons. The van der Waals surface area contributed by atoms with Crippen LogP contribution in [0.25, 0.3) is 0 Å². The standard InChI is InChI=1S/C25H24FN3O4/c1-16(2)33-24-27-13-19(14-28-24)21(17-8-10-20(26)11-9-17)12-23(30)29-22(15-32-25(29)31)18-6-4-3-5-7-18/h3-11,13-14,16,21-22H,12,15H2,1-2H3/t21?,22-/m0/s1. The number of hydrogen-bond acceptors (Lipinski definition) is 6. The quantitative estimate of drug-likeness (QED) is 0.523. The fourth-order valence-electron chi connectivity index (χ4n) is 3.79. The van der Waals surface area contributed by atoms with Crippen LogP contribution in [0.2, 0.25) is 0 Å². The van der Waals surface area contributed by atoms with E-state index in [9.17, 15) is 14.0 Å². The van der Waals surface area contributed by atoms with Gasteiger partial charge < -0.3 is 9.47 Å². The number of carbonyl (C=O) groups is 2. The highest BCUT2D eigenvalue weighted by Gasteiger charge is 2.39. The molecule has 2 atom stereocenters. The minimum atomic E-state index is -0.677. The molecule has 1 aliphatic heterocycles. The van der Waals surface area contributed by atoms with Gasteiger partial charge in [0.25, 0.3) is 0 Å². The van der Waals surface area contributed by atoms with Crippen LogP contribution in [-0.2, 0) is 9.53 Å². The lowest BCUT2D eigenvalue weighted by molar-refractivity contribution is -0.129. The Hall–Kier alpha value is -3.81. The van der Waals surface area contributed by atoms with Crippen molar-refractivity contribution in [2.24, 2.45) is 0 Å². The first-order chi connectivity index (χ1) is 15.9. The molecule has 0 bridgehead atoms. The summed E-state index contributed by atoms with van der Waals surface area (Å²) in [5, 5.41) is 0. The summed E-state index contributed by atoms with van der Waals surface area (Å²) in [5.41, 5.74) is 2.16. The second-order valence-electron chi connectivity index (χ2n) is 8.04. The van der Waals surface area contributed by atoms with Crippen molar-refractivity contribution in [3.05, 3.63) is 89.5 Å². The number of rotatable bonds is 7. The van der Waals surface area contributed by atoms with Gasteiger partial charge in [-0.05, 0) is 42.7 Å². The average Bonchev–Trinajstić information content (AvgIpc) is 3.20. The number of carbonyl (C=O) groups excluding carboxylic acids is 2. The summed E-state index contributed by atoms with van der Waals surface area (Å²) in [6.45, 7) is 3.84. The first-order valence-corrected chi connectivity index (χ1v) is 10.7. The van der Waals surface area contributed by atoms with Gasteiger partial charge in [0.15, 0.2) is 0 Å². The zero-order valence-electron chi connectivity index (χ0n) is 18.3. The molecule has 2 heterocycles. The monoisotopic (exact) mass is 449 g/mol. The molecule has 1 saturated heterocycles. The molecule has 1 unspecified atom stereocenters. The lowest BCUT2D eigenvalue weighted by Crippen LogP contribution is -2.35. The van der Waals surface area contributed by atoms with E-state index in [4.69, 9.17) is 9.47 Å². The van der Waals surface area contributed by atoms with Crippen molar-refractivity contribution in [3.63, 3.8) is 0 Å². The molecule has 7 nitrogen and oxygen atoms in total. The highest BCUT2D eigenvalue weighted by molar-refractivity contribution is 5.94. The Morgan fingerprint density at radius 2 is 1.76 bits per heavy atom. The van der Waals surface area contributed by atoms with Crippen LogP contribution < -0.4 is 4.74 Å². The van der Waals surface area contributed by atoms with Gasteiger partial charge in [-0.3, -0.25) is 4.79 Å². The molecule has 8 heteroatoms. The normalized spacial score (nSPS) is 16.5. The summed E-state index contributed by atoms with van der Waals surface area (Å²) in [5.74, 6) is -1.27. The van der Waals surface area contributed by atoms with Crippen molar-refractivity contribution in [3.8, 4) is 6.01 Å². The number of aromatic nitrogens is 2. The largest absolute Gasteiger partial charge is 0.461 e. The van der Waals surface area contributed by atoms with Crippen LogP contribution in [0.1, 0.15) is 48.9 Å². The number of halogens is 1. The van der Waals surface area contributed by atoms with Gasteiger partial charge in [-0.1, -0.05) is 42.5 Å². The van der Waals surface area contributed by atoms with E-state index >= 15 is 0 Å². The molecule has 4 rings (SSSR count). The summed E-state index contributed by atoms with van der Waals surface area (Å²) >= 11 is 0. The minimum Gasteiger partial charge on any atom is -0.461 e. The topological polar surface area (TPSA) is 81.6 Å². The highest BCUT2D eigenvalue weighted by Crippen LogP contribution is 2.33. The Labute approximate surface area is 191 Å². The van der Waals surface area contributed by atoms with Gasteiger partial charge >= 0.3 is 12.1 Å². The maximum Gasteiger partial charge on any atom is 0.417 e. The fourth-order valence-corrected chi connectivity index (χ4v) is 3.79. The molecule has 2 aromatic carbocycles. The van der Waals surface area contributed by atoms with Crippen molar-refractivity contribution >= 4 is 12.0 Å². The first-order valence-electron chi connectivity index (χ1n) is 10.7. The summed E-state index contributed by atoms with van der Waals surface area (Å²) in [7, 11) is 0. The van der Waals surface area contributed by atoms with E-state index in [0.717, 1.165) is 10.5 Å². The number of cyclic esters (lactones) is 1. The first kappa shape index (κ1) is 22.4. The molecular weight excluding hydrogens is 425 g/mol. The molecule has 0 saturated carbocycles. The van der Waals surface area contributed by atoms with Gasteiger partial charge in [-0.15, -0.1) is 0 Å². The molecule has 1 fully saturated rings. The van der Waals surface area contributed by atoms with Crippen LogP contribution in [0.15, 0.2) is 67.0 Å². The third-order valence-electron chi connectivity index (χ3n) is 5.37. The number of imide groups is 1. The van der Waals surface area contributed by atoms with E-state index in [1.165, 1.54) is 12.1 Å². The minimum absolute atomic E-state index is 0.0438. The summed E-state index contributed by atoms with van der Waals surface area (Å²) in [4.78, 5) is 35.4. The van der Waals surface area contributed by atoms with Crippen LogP contribution in [0.5, 0.6) is 6.01 Å². The highest BCUT2D eigenvalue weighted by atomic mass is 19.1. The molecule has 3 aromatic rings. The zero-order valence-corrected chi connectivity index (χ0v) is 18.3. The molecule has 0 aliphatic carbocycles. The molecular formula is C25H24FN3O4. The van der Waals surface area contributed by atoms with E-state index in [2.05, 4.69) is 9.97 Å². The van der Waals surface area contributed by atoms with Crippen molar-refractivity contribution < 1.29 is 23.5 Å². The third kappa shape index (κ3) is 5.16. The lowest BCUT2D eigenvalue weighted by Gasteiger charge is -2.23. The molecule has 0 radical (unpaired) electrons. The number of ether oxygens (including phenoxy) is 2. The van der Waals surface area contributed by atoms with Gasteiger partial charge in [0.05, 0.1) is 6.10 Å². The van der Waals surface area contributed by atoms with Crippen molar-refractivity contribution in [2.45, 2.75) is 38.3 Å². The van der Waals surface area contributed by atoms with Gasteiger partial charge in [-0.25, -0.2) is 24.1 Å². The Bertz CT molecular complexity index is 1100. The van der Waals surface area contributed by atoms with Gasteiger partial charge in [0, 0.05) is 24.7 Å². The number of nitrogens with zero attached hydrogens (tertiary/aromatic N) is 3. The number of hydrogen-bond donors (Lipinski definition) is 0. The van der Waals surface area contributed by atoms with Crippen LogP contribution in [0.3, 0.4) is 0 Å². The molecule has 0 N–H and O–H groups in total. The second-order valence-corrected chi connectivity index (χ2v) is 8.04. The second kappa shape index (κ2) is 9.77. The van der Waals surface area contributed by atoms with Crippen LogP contribution in [-0.4, -0.2) is 39.6 Å². The zero-order chi connectivity index (χ0) is 23.4. The Morgan fingerprint density at radius 1 is 1.09 bits per heavy atom. The third-order valence-corrected chi connectivity index (χ3v) is 5.37. The molecule has 0 spiro atoms. The molecule has 1 aromatic heterocycles. The van der Waals surface area contributed by atoms with E-state index in [1.807, 2.05) is 44.2 Å². The smallest absolute Gasteiger partial charge is 0.417 e. The van der Waals surface area contributed by atoms with Crippen LogP contribution in [0.4, 0.5) is 9.18 Å². The summed E-state index contributed by atoms with van der Waals surface area (Å²) < 4.78 is 24.2. The Balaban J connectivity index is 1.62. The maximum atomic E-state index is 13.5. The van der Waals surface area contributed by atoms with Gasteiger partial charge in [-0.2, -0.15) is 0 Å². The van der Waals surface area contributed by atoms with Crippen LogP contribution in [0, 0.1) is 5.82 Å². The average molecular weight is 449 g/mol. The summed E-state index contributed by atoms with van der Waals surface area (Å²) in [6.07, 6.45) is 2.37. The van der Waals surface area contributed by atoms with E-state index in [-0.39, 0.29) is 31.0 Å². The number of amides is 2. The molecule has 1 aliphatic rings. The van der Waals surface area contributed by atoms with Crippen LogP contribution >= 0.6 is 0 Å². The predicted octanol–water partition coefficient (Wildman–Crippen LogP) is 4.65. The van der Waals surface area contributed by atoms with Crippen molar-refractivity contribution in [1.29, 1.82) is 0 Å². The molecule has 2 amide bonds. The van der Waals surface area contributed by atoms with Gasteiger partial charge in [0.1, 0.15) is 18.5 Å². The van der Waals surface area contributed by atoms with E-state index in [1.54, 1.807) is 24.5 Å². The van der Waals surface area contributed by atoms with Crippen molar-refractivity contribution in [2.75, 3.05) is 6.61 Å². The summed E-state index contributed by atoms with van der Waals surface area (Å²) in [6, 6.07) is 14.9. The SMILES string of the molecule is CC(C)Oc1ncc(C(CC(=O)N2C(=O)OC[C@H]2c2ccccc2)c2ccc(F)cc2)cn1. The van der Waals surface area contributed by atoms with Crippen molar-refractivity contribution in [1.82, 2.24) is 14.9 Å². The van der Waals surface area contributed by atoms with E-state index < -0.39 is 24.0 Å². The predicted molar refractivity (Wildman–Crippen MR) is 118 cm³/mol. The fraction of sp³-hybridized carbons (Fsp3) is 0.280. The Kier molecular flexibility index (Phi) is 6.63. The Morgan fingerprint density at radius 3 is 2.39 bits per heavy atom. The van der Waals surface area contributed by atoms with Gasteiger partial charge in [0.2, 0.25) is 5.91 Å².